The average molecular weight is 395 g/mol. The topological polar surface area (TPSA) is 99.2 Å². The Labute approximate surface area is 156 Å². The van der Waals surface area contributed by atoms with Crippen LogP contribution >= 0.6 is 11.6 Å². The lowest BCUT2D eigenvalue weighted by Crippen LogP contribution is -2.18. The third-order valence-corrected chi connectivity index (χ3v) is 5.60. The van der Waals surface area contributed by atoms with Crippen molar-refractivity contribution in [2.45, 2.75) is 6.42 Å². The van der Waals surface area contributed by atoms with Crippen molar-refractivity contribution in [2.75, 3.05) is 23.3 Å². The highest BCUT2D eigenvalue weighted by atomic mass is 35.5. The minimum Gasteiger partial charge on any atom is -0.497 e. The van der Waals surface area contributed by atoms with E-state index >= 15 is 0 Å². The molecule has 0 amide bonds. The normalized spacial score (nSPS) is 11.7. The van der Waals surface area contributed by atoms with E-state index in [9.17, 15) is 8.42 Å². The maximum absolute atomic E-state index is 12.5. The Kier molecular flexibility index (Phi) is 4.97. The fraction of sp³-hybridized carbons (Fsp3) is 0.235. The van der Waals surface area contributed by atoms with Gasteiger partial charge < -0.3 is 10.5 Å². The summed E-state index contributed by atoms with van der Waals surface area (Å²) in [5, 5.41) is 5.09. The smallest absolute Gasteiger partial charge is 0.234 e. The Morgan fingerprint density at radius 1 is 1.23 bits per heavy atom. The number of nitrogens with one attached hydrogen (secondary N) is 1. The molecular weight excluding hydrogens is 376 g/mol. The van der Waals surface area contributed by atoms with Gasteiger partial charge in [-0.15, -0.1) is 0 Å². The number of sulfonamides is 1. The van der Waals surface area contributed by atoms with Gasteiger partial charge in [0.25, 0.3) is 0 Å². The molecule has 0 aliphatic rings. The van der Waals surface area contributed by atoms with Crippen molar-refractivity contribution in [1.29, 1.82) is 0 Å². The van der Waals surface area contributed by atoms with Crippen LogP contribution in [0, 0.1) is 0 Å². The van der Waals surface area contributed by atoms with E-state index in [-0.39, 0.29) is 11.6 Å². The van der Waals surface area contributed by atoms with Crippen molar-refractivity contribution in [2.24, 2.45) is 7.05 Å². The maximum atomic E-state index is 12.5. The van der Waals surface area contributed by atoms with E-state index in [4.69, 9.17) is 22.1 Å². The fourth-order valence-electron chi connectivity index (χ4n) is 2.72. The molecule has 1 aromatic heterocycles. The van der Waals surface area contributed by atoms with Gasteiger partial charge in [-0.2, -0.15) is 5.10 Å². The molecule has 3 rings (SSSR count). The van der Waals surface area contributed by atoms with Gasteiger partial charge in [-0.05, 0) is 36.2 Å². The summed E-state index contributed by atoms with van der Waals surface area (Å²) in [5.74, 6) is 0.814. The van der Waals surface area contributed by atoms with Crippen LogP contribution in [-0.4, -0.2) is 31.1 Å². The number of nitrogens with zero attached hydrogens (tertiary/aromatic N) is 2. The number of rotatable bonds is 6. The van der Waals surface area contributed by atoms with Crippen LogP contribution in [0.5, 0.6) is 5.75 Å². The minimum atomic E-state index is -3.61. The average Bonchev–Trinajstić information content (AvgIpc) is 2.93. The molecule has 1 heterocycles. The zero-order valence-corrected chi connectivity index (χ0v) is 15.9. The zero-order valence-electron chi connectivity index (χ0n) is 14.4. The number of aromatic nitrogens is 2. The summed E-state index contributed by atoms with van der Waals surface area (Å²) in [4.78, 5) is 0. The van der Waals surface area contributed by atoms with E-state index in [0.717, 1.165) is 11.3 Å². The Balaban J connectivity index is 1.81. The summed E-state index contributed by atoms with van der Waals surface area (Å²) >= 11 is 6.22. The van der Waals surface area contributed by atoms with Gasteiger partial charge in [-0.25, -0.2) is 8.42 Å². The molecule has 0 unspecified atom stereocenters. The van der Waals surface area contributed by atoms with E-state index in [1.54, 1.807) is 38.4 Å². The molecule has 0 aliphatic carbocycles. The van der Waals surface area contributed by atoms with Gasteiger partial charge in [0.2, 0.25) is 10.0 Å². The number of aryl methyl sites for hydroxylation is 2. The third kappa shape index (κ3) is 3.71. The van der Waals surface area contributed by atoms with Gasteiger partial charge in [-0.3, -0.25) is 9.40 Å². The molecule has 138 valence electrons. The second-order valence-corrected chi connectivity index (χ2v) is 8.10. The first-order valence-corrected chi connectivity index (χ1v) is 9.88. The maximum Gasteiger partial charge on any atom is 0.234 e. The number of nitrogen functional groups attached to an aromatic ring is 1. The molecule has 0 fully saturated rings. The molecule has 7 nitrogen and oxygen atoms in total. The number of nitrogens with two attached hydrogens (primary N) is 1. The molecule has 3 aromatic rings. The van der Waals surface area contributed by atoms with Crippen LogP contribution < -0.4 is 15.2 Å². The lowest BCUT2D eigenvalue weighted by molar-refractivity contribution is 0.414. The standard InChI is InChI=1S/C17H19ClN4O3S/c1-22-16-14(19)8-7-13(18)15(16)17(20-22)21-26(23,24)10-9-11-3-5-12(25-2)6-4-11/h3-8H,9-10,19H2,1-2H3,(H,20,21). The molecule has 9 heteroatoms. The van der Waals surface area contributed by atoms with E-state index in [1.807, 2.05) is 12.1 Å². The highest BCUT2D eigenvalue weighted by molar-refractivity contribution is 7.92. The molecule has 0 saturated carbocycles. The van der Waals surface area contributed by atoms with E-state index in [1.165, 1.54) is 4.68 Å². The first kappa shape index (κ1) is 18.3. The van der Waals surface area contributed by atoms with Crippen LogP contribution in [0.3, 0.4) is 0 Å². The molecule has 2 aromatic carbocycles. The molecule has 0 bridgehead atoms. The van der Waals surface area contributed by atoms with Gasteiger partial charge in [0, 0.05) is 7.05 Å². The molecule has 3 N–H and O–H groups in total. The van der Waals surface area contributed by atoms with Crippen molar-refractivity contribution in [3.05, 3.63) is 47.0 Å². The summed E-state index contributed by atoms with van der Waals surface area (Å²) in [6, 6.07) is 10.5. The Morgan fingerprint density at radius 2 is 1.92 bits per heavy atom. The van der Waals surface area contributed by atoms with Gasteiger partial charge in [0.05, 0.1) is 34.5 Å². The first-order chi connectivity index (χ1) is 12.3. The Morgan fingerprint density at radius 3 is 2.58 bits per heavy atom. The zero-order chi connectivity index (χ0) is 18.9. The third-order valence-electron chi connectivity index (χ3n) is 4.04. The van der Waals surface area contributed by atoms with Crippen molar-refractivity contribution in [3.8, 4) is 5.75 Å². The minimum absolute atomic E-state index is 0.0860. The van der Waals surface area contributed by atoms with Gasteiger partial charge in [0.15, 0.2) is 5.82 Å². The molecule has 26 heavy (non-hydrogen) atoms. The summed E-state index contributed by atoms with van der Waals surface area (Å²) in [7, 11) is -0.346. The number of hydrogen-bond acceptors (Lipinski definition) is 5. The lowest BCUT2D eigenvalue weighted by Gasteiger charge is -2.07. The summed E-state index contributed by atoms with van der Waals surface area (Å²) in [6.07, 6.45) is 0.361. The molecular formula is C17H19ClN4O3S. The van der Waals surface area contributed by atoms with Crippen LogP contribution in [0.2, 0.25) is 5.02 Å². The summed E-state index contributed by atoms with van der Waals surface area (Å²) in [6.45, 7) is 0. The number of benzene rings is 2. The molecule has 0 aliphatic heterocycles. The van der Waals surface area contributed by atoms with Crippen molar-refractivity contribution in [3.63, 3.8) is 0 Å². The van der Waals surface area contributed by atoms with Crippen LogP contribution in [-0.2, 0) is 23.5 Å². The van der Waals surface area contributed by atoms with Crippen LogP contribution in [0.15, 0.2) is 36.4 Å². The molecule has 0 saturated heterocycles. The predicted molar refractivity (Wildman–Crippen MR) is 104 cm³/mol. The quantitative estimate of drug-likeness (QED) is 0.626. The van der Waals surface area contributed by atoms with Crippen LogP contribution in [0.1, 0.15) is 5.56 Å². The number of ether oxygens (including phenoxy) is 1. The number of anilines is 2. The van der Waals surface area contributed by atoms with E-state index in [2.05, 4.69) is 9.82 Å². The van der Waals surface area contributed by atoms with E-state index < -0.39 is 10.0 Å². The molecule has 0 radical (unpaired) electrons. The monoisotopic (exact) mass is 394 g/mol. The molecule has 0 spiro atoms. The second-order valence-electron chi connectivity index (χ2n) is 5.85. The van der Waals surface area contributed by atoms with Gasteiger partial charge in [0.1, 0.15) is 5.75 Å². The van der Waals surface area contributed by atoms with E-state index in [0.29, 0.717) is 28.0 Å². The first-order valence-electron chi connectivity index (χ1n) is 7.85. The highest BCUT2D eigenvalue weighted by Crippen LogP contribution is 2.33. The number of fused-ring (bicyclic) bond motifs is 1. The summed E-state index contributed by atoms with van der Waals surface area (Å²) < 4.78 is 34.1. The number of halogens is 1. The van der Waals surface area contributed by atoms with Crippen molar-refractivity contribution >= 4 is 44.0 Å². The Hall–Kier alpha value is -2.45. The molecule has 0 atom stereocenters. The van der Waals surface area contributed by atoms with Gasteiger partial charge in [-0.1, -0.05) is 23.7 Å². The number of hydrogen-bond donors (Lipinski definition) is 2. The number of methoxy groups -OCH3 is 1. The predicted octanol–water partition coefficient (Wildman–Crippen LogP) is 2.80. The Bertz CT molecular complexity index is 1050. The van der Waals surface area contributed by atoms with Gasteiger partial charge >= 0.3 is 0 Å². The van der Waals surface area contributed by atoms with Crippen LogP contribution in [0.4, 0.5) is 11.5 Å². The second kappa shape index (κ2) is 7.05. The van der Waals surface area contributed by atoms with Crippen LogP contribution in [0.25, 0.3) is 10.9 Å². The SMILES string of the molecule is COc1ccc(CCS(=O)(=O)Nc2nn(C)c3c(N)ccc(Cl)c23)cc1. The summed E-state index contributed by atoms with van der Waals surface area (Å²) in [5.41, 5.74) is 7.91. The lowest BCUT2D eigenvalue weighted by atomic mass is 10.2. The van der Waals surface area contributed by atoms with Crippen molar-refractivity contribution < 1.29 is 13.2 Å². The fourth-order valence-corrected chi connectivity index (χ4v) is 4.01. The largest absolute Gasteiger partial charge is 0.497 e. The highest BCUT2D eigenvalue weighted by Gasteiger charge is 2.19. The van der Waals surface area contributed by atoms with Crippen molar-refractivity contribution in [1.82, 2.24) is 9.78 Å².